The van der Waals surface area contributed by atoms with Crippen LogP contribution in [0.2, 0.25) is 0 Å². The molecule has 2 atom stereocenters. The van der Waals surface area contributed by atoms with E-state index in [-0.39, 0.29) is 17.9 Å². The molecule has 0 aromatic carbocycles. The number of aryl methyl sites for hydroxylation is 1. The Hall–Kier alpha value is -1.48. The summed E-state index contributed by atoms with van der Waals surface area (Å²) in [5.74, 6) is 0.971. The fourth-order valence-electron chi connectivity index (χ4n) is 3.35. The molecular formula is C13H21N5O3S. The van der Waals surface area contributed by atoms with Gasteiger partial charge >= 0.3 is 0 Å². The van der Waals surface area contributed by atoms with Crippen LogP contribution < -0.4 is 0 Å². The third-order valence-electron chi connectivity index (χ3n) is 4.48. The molecule has 3 rings (SSSR count). The Morgan fingerprint density at radius 2 is 2.09 bits per heavy atom. The van der Waals surface area contributed by atoms with Crippen LogP contribution in [0.5, 0.6) is 0 Å². The molecule has 1 aromatic rings. The number of nitrogens with zero attached hydrogens (tertiary/aromatic N) is 5. The Morgan fingerprint density at radius 1 is 1.32 bits per heavy atom. The van der Waals surface area contributed by atoms with Gasteiger partial charge in [-0.2, -0.15) is 4.31 Å². The van der Waals surface area contributed by atoms with Crippen molar-refractivity contribution in [2.24, 2.45) is 5.92 Å². The second-order valence-electron chi connectivity index (χ2n) is 6.14. The van der Waals surface area contributed by atoms with E-state index in [1.54, 1.807) is 11.2 Å². The number of fused-ring (bicyclic) bond motifs is 1. The molecule has 9 heteroatoms. The summed E-state index contributed by atoms with van der Waals surface area (Å²) in [7, 11) is -3.21. The molecule has 0 N–H and O–H groups in total. The maximum absolute atomic E-state index is 12.7. The summed E-state index contributed by atoms with van der Waals surface area (Å²) >= 11 is 0. The van der Waals surface area contributed by atoms with Crippen molar-refractivity contribution in [3.63, 3.8) is 0 Å². The number of aromatic nitrogens is 3. The third kappa shape index (κ3) is 2.87. The average Bonchev–Trinajstić information content (AvgIpc) is 2.92. The van der Waals surface area contributed by atoms with E-state index in [1.165, 1.54) is 10.6 Å². The van der Waals surface area contributed by atoms with E-state index in [9.17, 15) is 13.2 Å². The van der Waals surface area contributed by atoms with Gasteiger partial charge in [0.15, 0.2) is 0 Å². The summed E-state index contributed by atoms with van der Waals surface area (Å²) in [6.07, 6.45) is 4.42. The van der Waals surface area contributed by atoms with Crippen LogP contribution in [0.1, 0.15) is 19.2 Å². The van der Waals surface area contributed by atoms with Gasteiger partial charge in [0, 0.05) is 38.6 Å². The topological polar surface area (TPSA) is 88.4 Å². The number of carbonyl (C=O) groups excluding carboxylic acids is 1. The molecule has 2 aliphatic rings. The highest BCUT2D eigenvalue weighted by atomic mass is 32.2. The molecule has 3 heterocycles. The quantitative estimate of drug-likeness (QED) is 0.719. The highest BCUT2D eigenvalue weighted by Gasteiger charge is 2.35. The first-order chi connectivity index (χ1) is 10.4. The van der Waals surface area contributed by atoms with E-state index in [4.69, 9.17) is 0 Å². The zero-order valence-electron chi connectivity index (χ0n) is 12.8. The zero-order chi connectivity index (χ0) is 15.9. The summed E-state index contributed by atoms with van der Waals surface area (Å²) < 4.78 is 26.8. The van der Waals surface area contributed by atoms with Crippen molar-refractivity contribution >= 4 is 15.9 Å². The first kappa shape index (κ1) is 15.4. The normalized spacial score (nSPS) is 26.7. The van der Waals surface area contributed by atoms with Crippen LogP contribution >= 0.6 is 0 Å². The monoisotopic (exact) mass is 327 g/mol. The lowest BCUT2D eigenvalue weighted by atomic mass is 9.97. The van der Waals surface area contributed by atoms with Gasteiger partial charge in [0.1, 0.15) is 12.2 Å². The lowest BCUT2D eigenvalue weighted by molar-refractivity contribution is -0.138. The van der Waals surface area contributed by atoms with Gasteiger partial charge in [-0.05, 0) is 13.3 Å². The Kier molecular flexibility index (Phi) is 3.94. The van der Waals surface area contributed by atoms with Crippen LogP contribution in [0.4, 0.5) is 0 Å². The van der Waals surface area contributed by atoms with E-state index in [2.05, 4.69) is 10.2 Å². The minimum atomic E-state index is -3.21. The van der Waals surface area contributed by atoms with Gasteiger partial charge in [0.25, 0.3) is 0 Å². The molecule has 0 radical (unpaired) electrons. The van der Waals surface area contributed by atoms with Gasteiger partial charge in [-0.15, -0.1) is 10.2 Å². The van der Waals surface area contributed by atoms with Crippen molar-refractivity contribution in [2.45, 2.75) is 32.4 Å². The number of amides is 1. The molecule has 1 amide bonds. The van der Waals surface area contributed by atoms with Crippen LogP contribution in [0, 0.1) is 5.92 Å². The largest absolute Gasteiger partial charge is 0.339 e. The molecule has 22 heavy (non-hydrogen) atoms. The maximum Gasteiger partial charge on any atom is 0.227 e. The number of hydrogen-bond acceptors (Lipinski definition) is 5. The summed E-state index contributed by atoms with van der Waals surface area (Å²) in [5.41, 5.74) is 0. The van der Waals surface area contributed by atoms with E-state index >= 15 is 0 Å². The molecule has 1 saturated heterocycles. The molecule has 2 aliphatic heterocycles. The van der Waals surface area contributed by atoms with Crippen LogP contribution in [0.15, 0.2) is 6.33 Å². The third-order valence-corrected chi connectivity index (χ3v) is 5.88. The standard InChI is InChI=1S/C13H21N5O3S/c1-10-7-16(5-6-18(10)22(2,20)21)13(19)11-3-4-12-15-14-9-17(12)8-11/h9-11H,3-8H2,1-2H3/t10-,11?/m0/s1. The van der Waals surface area contributed by atoms with E-state index in [0.717, 1.165) is 18.7 Å². The van der Waals surface area contributed by atoms with Crippen molar-refractivity contribution in [1.29, 1.82) is 0 Å². The van der Waals surface area contributed by atoms with Gasteiger partial charge in [-0.1, -0.05) is 0 Å². The number of sulfonamides is 1. The van der Waals surface area contributed by atoms with Crippen LogP contribution in [-0.2, 0) is 27.8 Å². The summed E-state index contributed by atoms with van der Waals surface area (Å²) in [6, 6.07) is -0.179. The molecule has 1 aromatic heterocycles. The van der Waals surface area contributed by atoms with E-state index in [0.29, 0.717) is 26.2 Å². The Morgan fingerprint density at radius 3 is 2.77 bits per heavy atom. The molecule has 1 fully saturated rings. The fourth-order valence-corrected chi connectivity index (χ4v) is 4.48. The number of carbonyl (C=O) groups is 1. The van der Waals surface area contributed by atoms with Gasteiger partial charge in [-0.25, -0.2) is 8.42 Å². The van der Waals surface area contributed by atoms with Gasteiger partial charge in [-0.3, -0.25) is 4.79 Å². The van der Waals surface area contributed by atoms with Crippen molar-refractivity contribution in [1.82, 2.24) is 24.0 Å². The molecule has 0 bridgehead atoms. The Balaban J connectivity index is 1.65. The lowest BCUT2D eigenvalue weighted by Gasteiger charge is -2.40. The van der Waals surface area contributed by atoms with Crippen molar-refractivity contribution in [3.05, 3.63) is 12.2 Å². The van der Waals surface area contributed by atoms with Gasteiger partial charge in [0.05, 0.1) is 12.2 Å². The molecule has 8 nitrogen and oxygen atoms in total. The molecule has 122 valence electrons. The average molecular weight is 327 g/mol. The molecule has 0 spiro atoms. The highest BCUT2D eigenvalue weighted by molar-refractivity contribution is 7.88. The van der Waals surface area contributed by atoms with Crippen LogP contribution in [-0.4, -0.2) is 70.2 Å². The maximum atomic E-state index is 12.7. The van der Waals surface area contributed by atoms with Gasteiger partial charge < -0.3 is 9.47 Å². The predicted octanol–water partition coefficient (Wildman–Crippen LogP) is -0.667. The van der Waals surface area contributed by atoms with Crippen LogP contribution in [0.25, 0.3) is 0 Å². The molecular weight excluding hydrogens is 306 g/mol. The Bertz CT molecular complexity index is 671. The number of piperazine rings is 1. The second kappa shape index (κ2) is 5.62. The molecule has 0 saturated carbocycles. The first-order valence-electron chi connectivity index (χ1n) is 7.48. The Labute approximate surface area is 130 Å². The molecule has 0 aliphatic carbocycles. The van der Waals surface area contributed by atoms with Crippen molar-refractivity contribution in [2.75, 3.05) is 25.9 Å². The number of rotatable bonds is 2. The summed E-state index contributed by atoms with van der Waals surface area (Å²) in [4.78, 5) is 14.5. The smallest absolute Gasteiger partial charge is 0.227 e. The molecule has 1 unspecified atom stereocenters. The summed E-state index contributed by atoms with van der Waals surface area (Å²) in [6.45, 7) is 3.75. The second-order valence-corrected chi connectivity index (χ2v) is 8.08. The number of hydrogen-bond donors (Lipinski definition) is 0. The van der Waals surface area contributed by atoms with E-state index in [1.807, 2.05) is 11.5 Å². The fraction of sp³-hybridized carbons (Fsp3) is 0.769. The predicted molar refractivity (Wildman–Crippen MR) is 79.4 cm³/mol. The van der Waals surface area contributed by atoms with Crippen LogP contribution in [0.3, 0.4) is 0 Å². The van der Waals surface area contributed by atoms with Gasteiger partial charge in [0.2, 0.25) is 15.9 Å². The first-order valence-corrected chi connectivity index (χ1v) is 9.33. The zero-order valence-corrected chi connectivity index (χ0v) is 13.7. The summed E-state index contributed by atoms with van der Waals surface area (Å²) in [5, 5.41) is 7.90. The van der Waals surface area contributed by atoms with Crippen molar-refractivity contribution < 1.29 is 13.2 Å². The lowest BCUT2D eigenvalue weighted by Crippen LogP contribution is -2.56. The van der Waals surface area contributed by atoms with E-state index < -0.39 is 10.0 Å². The SMILES string of the molecule is C[C@H]1CN(C(=O)C2CCc3nncn3C2)CCN1S(C)(=O)=O. The van der Waals surface area contributed by atoms with Crippen molar-refractivity contribution in [3.8, 4) is 0 Å². The highest BCUT2D eigenvalue weighted by Crippen LogP contribution is 2.22. The minimum Gasteiger partial charge on any atom is -0.339 e. The minimum absolute atomic E-state index is 0.0690.